The number of hydrogen-bond donors (Lipinski definition) is 2. The minimum atomic E-state index is 0.643. The maximum absolute atomic E-state index is 3.58. The first-order valence-corrected chi connectivity index (χ1v) is 6.03. The van der Waals surface area contributed by atoms with Gasteiger partial charge in [-0.1, -0.05) is 13.8 Å². The smallest absolute Gasteiger partial charge is 0.0220 e. The van der Waals surface area contributed by atoms with Crippen molar-refractivity contribution in [3.8, 4) is 0 Å². The van der Waals surface area contributed by atoms with Gasteiger partial charge < -0.3 is 10.3 Å². The second-order valence-corrected chi connectivity index (χ2v) is 5.42. The van der Waals surface area contributed by atoms with Crippen molar-refractivity contribution in [2.24, 2.45) is 11.3 Å². The molecule has 2 rings (SSSR count). The van der Waals surface area contributed by atoms with Gasteiger partial charge in [-0.25, -0.2) is 0 Å². The van der Waals surface area contributed by atoms with Gasteiger partial charge in [0.05, 0.1) is 0 Å². The first-order valence-electron chi connectivity index (χ1n) is 6.03. The highest BCUT2D eigenvalue weighted by atomic mass is 14.9. The van der Waals surface area contributed by atoms with E-state index in [2.05, 4.69) is 36.4 Å². The Morgan fingerprint density at radius 3 is 2.80 bits per heavy atom. The average molecular weight is 206 g/mol. The monoisotopic (exact) mass is 206 g/mol. The molecule has 1 fully saturated rings. The van der Waals surface area contributed by atoms with E-state index in [1.807, 2.05) is 6.20 Å². The first-order chi connectivity index (χ1) is 7.20. The largest absolute Gasteiger partial charge is 0.367 e. The molecular weight excluding hydrogens is 184 g/mol. The summed E-state index contributed by atoms with van der Waals surface area (Å²) >= 11 is 0. The van der Waals surface area contributed by atoms with Crippen LogP contribution in [-0.2, 0) is 6.54 Å². The lowest BCUT2D eigenvalue weighted by Crippen LogP contribution is -2.24. The van der Waals surface area contributed by atoms with E-state index in [-0.39, 0.29) is 0 Å². The van der Waals surface area contributed by atoms with Gasteiger partial charge in [-0.2, -0.15) is 0 Å². The standard InChI is InChI=1S/C13H22N2/c1-11(2)7-13(4-5-13)10-15-9-12-3-6-14-8-12/h3,6,8,11,14-15H,4-5,7,9-10H2,1-2H3. The average Bonchev–Trinajstić information content (AvgIpc) is 2.74. The summed E-state index contributed by atoms with van der Waals surface area (Å²) < 4.78 is 0. The zero-order chi connectivity index (χ0) is 10.7. The van der Waals surface area contributed by atoms with E-state index in [0.29, 0.717) is 5.41 Å². The number of hydrogen-bond acceptors (Lipinski definition) is 1. The van der Waals surface area contributed by atoms with Crippen LogP contribution in [0.4, 0.5) is 0 Å². The second-order valence-electron chi connectivity index (χ2n) is 5.42. The molecular formula is C13H22N2. The van der Waals surface area contributed by atoms with Crippen molar-refractivity contribution in [3.63, 3.8) is 0 Å². The third kappa shape index (κ3) is 3.10. The van der Waals surface area contributed by atoms with Crippen LogP contribution < -0.4 is 5.32 Å². The molecule has 1 saturated carbocycles. The summed E-state index contributed by atoms with van der Waals surface area (Å²) in [6.45, 7) is 6.85. The van der Waals surface area contributed by atoms with E-state index in [1.54, 1.807) is 0 Å². The van der Waals surface area contributed by atoms with Gasteiger partial charge >= 0.3 is 0 Å². The Bertz CT molecular complexity index is 283. The van der Waals surface area contributed by atoms with Crippen molar-refractivity contribution in [1.29, 1.82) is 0 Å². The molecule has 0 unspecified atom stereocenters. The van der Waals surface area contributed by atoms with Crippen LogP contribution in [0.25, 0.3) is 0 Å². The molecule has 1 aliphatic rings. The molecule has 0 saturated heterocycles. The summed E-state index contributed by atoms with van der Waals surface area (Å²) in [7, 11) is 0. The van der Waals surface area contributed by atoms with Crippen LogP contribution >= 0.6 is 0 Å². The lowest BCUT2D eigenvalue weighted by atomic mass is 9.94. The van der Waals surface area contributed by atoms with E-state index in [0.717, 1.165) is 12.5 Å². The van der Waals surface area contributed by atoms with Gasteiger partial charge in [0.25, 0.3) is 0 Å². The third-order valence-corrected chi connectivity index (χ3v) is 3.29. The van der Waals surface area contributed by atoms with Gasteiger partial charge in [0, 0.05) is 25.5 Å². The van der Waals surface area contributed by atoms with E-state index in [1.165, 1.54) is 31.4 Å². The van der Waals surface area contributed by atoms with Crippen molar-refractivity contribution in [1.82, 2.24) is 10.3 Å². The Hall–Kier alpha value is -0.760. The maximum Gasteiger partial charge on any atom is 0.0220 e. The molecule has 0 aliphatic heterocycles. The Morgan fingerprint density at radius 2 is 2.27 bits per heavy atom. The molecule has 0 radical (unpaired) electrons. The van der Waals surface area contributed by atoms with Crippen LogP contribution in [0.3, 0.4) is 0 Å². The Balaban J connectivity index is 1.70. The fourth-order valence-corrected chi connectivity index (χ4v) is 2.44. The van der Waals surface area contributed by atoms with Crippen LogP contribution in [0.2, 0.25) is 0 Å². The van der Waals surface area contributed by atoms with Crippen LogP contribution in [0, 0.1) is 11.3 Å². The highest BCUT2D eigenvalue weighted by Gasteiger charge is 2.41. The summed E-state index contributed by atoms with van der Waals surface area (Å²) in [6.07, 6.45) is 8.27. The second kappa shape index (κ2) is 4.40. The van der Waals surface area contributed by atoms with Gasteiger partial charge in [-0.05, 0) is 42.2 Å². The van der Waals surface area contributed by atoms with Gasteiger partial charge in [-0.3, -0.25) is 0 Å². The molecule has 2 N–H and O–H groups in total. The van der Waals surface area contributed by atoms with Crippen LogP contribution in [0.15, 0.2) is 18.5 Å². The molecule has 1 aromatic rings. The molecule has 0 aromatic carbocycles. The number of rotatable bonds is 6. The van der Waals surface area contributed by atoms with E-state index < -0.39 is 0 Å². The van der Waals surface area contributed by atoms with Crippen molar-refractivity contribution in [2.75, 3.05) is 6.54 Å². The quantitative estimate of drug-likeness (QED) is 0.736. The van der Waals surface area contributed by atoms with Crippen molar-refractivity contribution in [2.45, 2.75) is 39.7 Å². The summed E-state index contributed by atoms with van der Waals surface area (Å²) in [5.74, 6) is 0.835. The lowest BCUT2D eigenvalue weighted by Gasteiger charge is -2.17. The molecule has 1 aliphatic carbocycles. The van der Waals surface area contributed by atoms with Gasteiger partial charge in [0.15, 0.2) is 0 Å². The fraction of sp³-hybridized carbons (Fsp3) is 0.692. The van der Waals surface area contributed by atoms with Crippen molar-refractivity contribution < 1.29 is 0 Å². The summed E-state index contributed by atoms with van der Waals surface area (Å²) in [6, 6.07) is 2.13. The third-order valence-electron chi connectivity index (χ3n) is 3.29. The zero-order valence-corrected chi connectivity index (χ0v) is 9.84. The predicted octanol–water partition coefficient (Wildman–Crippen LogP) is 2.93. The van der Waals surface area contributed by atoms with E-state index in [4.69, 9.17) is 0 Å². The highest BCUT2D eigenvalue weighted by Crippen LogP contribution is 2.49. The summed E-state index contributed by atoms with van der Waals surface area (Å²) in [5.41, 5.74) is 2.00. The molecule has 1 aromatic heterocycles. The van der Waals surface area contributed by atoms with Crippen LogP contribution in [0.5, 0.6) is 0 Å². The Morgan fingerprint density at radius 1 is 1.47 bits per heavy atom. The topological polar surface area (TPSA) is 27.8 Å². The van der Waals surface area contributed by atoms with Gasteiger partial charge in [0.2, 0.25) is 0 Å². The first kappa shape index (κ1) is 10.7. The maximum atomic E-state index is 3.58. The molecule has 0 bridgehead atoms. The van der Waals surface area contributed by atoms with Crippen molar-refractivity contribution >= 4 is 0 Å². The summed E-state index contributed by atoms with van der Waals surface area (Å²) in [4.78, 5) is 3.09. The SMILES string of the molecule is CC(C)CC1(CNCc2cc[nH]c2)CC1. The molecule has 0 atom stereocenters. The zero-order valence-electron chi connectivity index (χ0n) is 9.84. The molecule has 2 heteroatoms. The Kier molecular flexibility index (Phi) is 3.15. The molecule has 2 nitrogen and oxygen atoms in total. The summed E-state index contributed by atoms with van der Waals surface area (Å²) in [5, 5.41) is 3.58. The minimum Gasteiger partial charge on any atom is -0.367 e. The lowest BCUT2D eigenvalue weighted by molar-refractivity contribution is 0.366. The fourth-order valence-electron chi connectivity index (χ4n) is 2.44. The van der Waals surface area contributed by atoms with Crippen LogP contribution in [-0.4, -0.2) is 11.5 Å². The van der Waals surface area contributed by atoms with Crippen molar-refractivity contribution in [3.05, 3.63) is 24.0 Å². The van der Waals surface area contributed by atoms with Gasteiger partial charge in [-0.15, -0.1) is 0 Å². The normalized spacial score (nSPS) is 18.3. The molecule has 1 heterocycles. The molecule has 15 heavy (non-hydrogen) atoms. The number of H-pyrrole nitrogens is 1. The number of nitrogens with one attached hydrogen (secondary N) is 2. The Labute approximate surface area is 92.5 Å². The highest BCUT2D eigenvalue weighted by molar-refractivity contribution is 5.08. The van der Waals surface area contributed by atoms with Gasteiger partial charge in [0.1, 0.15) is 0 Å². The molecule has 84 valence electrons. The number of aromatic nitrogens is 1. The molecule has 0 amide bonds. The van der Waals surface area contributed by atoms with E-state index in [9.17, 15) is 0 Å². The van der Waals surface area contributed by atoms with E-state index >= 15 is 0 Å². The minimum absolute atomic E-state index is 0.643. The number of aromatic amines is 1. The van der Waals surface area contributed by atoms with Crippen LogP contribution in [0.1, 0.15) is 38.7 Å². The molecule has 0 spiro atoms. The predicted molar refractivity (Wildman–Crippen MR) is 63.6 cm³/mol.